The summed E-state index contributed by atoms with van der Waals surface area (Å²) in [4.78, 5) is 11.1. The maximum Gasteiger partial charge on any atom is 0.339 e. The third-order valence-corrected chi connectivity index (χ3v) is 3.05. The Balaban J connectivity index is 2.31. The summed E-state index contributed by atoms with van der Waals surface area (Å²) in [6.07, 6.45) is 0. The fraction of sp³-hybridized carbons (Fsp3) is 0.0667. The standard InChI is InChI=1S/C15H9ClFNO3/c16-13-3-1-2-12(15(19)20)14(13)21-8-10-6-11(17)5-4-9(10)7-18/h1-6H,8H2,(H,19,20). The molecule has 0 aliphatic rings. The fourth-order valence-electron chi connectivity index (χ4n) is 1.76. The van der Waals surface area contributed by atoms with Crippen LogP contribution in [0.3, 0.4) is 0 Å². The number of nitrogens with zero attached hydrogens (tertiary/aromatic N) is 1. The minimum Gasteiger partial charge on any atom is -0.486 e. The van der Waals surface area contributed by atoms with Crippen LogP contribution in [-0.2, 0) is 6.61 Å². The van der Waals surface area contributed by atoms with E-state index in [2.05, 4.69) is 0 Å². The van der Waals surface area contributed by atoms with Crippen LogP contribution in [-0.4, -0.2) is 11.1 Å². The zero-order valence-corrected chi connectivity index (χ0v) is 11.4. The molecule has 0 fully saturated rings. The predicted molar refractivity (Wildman–Crippen MR) is 73.9 cm³/mol. The lowest BCUT2D eigenvalue weighted by molar-refractivity contribution is 0.0691. The molecule has 2 aromatic carbocycles. The topological polar surface area (TPSA) is 70.3 Å². The molecule has 0 atom stereocenters. The van der Waals surface area contributed by atoms with Gasteiger partial charge in [-0.15, -0.1) is 0 Å². The highest BCUT2D eigenvalue weighted by atomic mass is 35.5. The Morgan fingerprint density at radius 2 is 2.14 bits per heavy atom. The first-order valence-electron chi connectivity index (χ1n) is 5.86. The van der Waals surface area contributed by atoms with Crippen molar-refractivity contribution in [3.05, 3.63) is 63.9 Å². The Hall–Kier alpha value is -2.58. The molecule has 2 aromatic rings. The minimum atomic E-state index is -1.19. The first-order valence-corrected chi connectivity index (χ1v) is 6.24. The first kappa shape index (κ1) is 14.8. The maximum absolute atomic E-state index is 13.2. The number of carbonyl (C=O) groups is 1. The molecule has 0 spiro atoms. The van der Waals surface area contributed by atoms with Crippen molar-refractivity contribution in [2.75, 3.05) is 0 Å². The van der Waals surface area contributed by atoms with E-state index in [9.17, 15) is 9.18 Å². The highest BCUT2D eigenvalue weighted by Crippen LogP contribution is 2.29. The number of hydrogen-bond donors (Lipinski definition) is 1. The Bertz CT molecular complexity index is 740. The minimum absolute atomic E-state index is 0.0141. The molecule has 21 heavy (non-hydrogen) atoms. The molecule has 0 aliphatic carbocycles. The molecule has 4 nitrogen and oxygen atoms in total. The molecule has 0 aliphatic heterocycles. The second-order valence-corrected chi connectivity index (χ2v) is 4.53. The highest BCUT2D eigenvalue weighted by molar-refractivity contribution is 6.32. The summed E-state index contributed by atoms with van der Waals surface area (Å²) < 4.78 is 18.6. The molecule has 0 amide bonds. The van der Waals surface area contributed by atoms with E-state index in [0.717, 1.165) is 6.07 Å². The van der Waals surface area contributed by atoms with E-state index in [1.165, 1.54) is 30.3 Å². The number of carboxylic acid groups (broad SMARTS) is 1. The van der Waals surface area contributed by atoms with Gasteiger partial charge in [0.1, 0.15) is 18.0 Å². The molecule has 0 aromatic heterocycles. The molecule has 1 N–H and O–H groups in total. The summed E-state index contributed by atoms with van der Waals surface area (Å²) in [5, 5.41) is 18.2. The molecule has 0 radical (unpaired) electrons. The molecule has 0 saturated heterocycles. The zero-order chi connectivity index (χ0) is 15.4. The van der Waals surface area contributed by atoms with Crippen molar-refractivity contribution in [3.8, 4) is 11.8 Å². The number of para-hydroxylation sites is 1. The normalized spacial score (nSPS) is 9.95. The van der Waals surface area contributed by atoms with Crippen LogP contribution < -0.4 is 4.74 Å². The monoisotopic (exact) mass is 305 g/mol. The summed E-state index contributed by atoms with van der Waals surface area (Å²) in [5.74, 6) is -1.71. The van der Waals surface area contributed by atoms with Crippen molar-refractivity contribution < 1.29 is 19.0 Å². The summed E-state index contributed by atoms with van der Waals surface area (Å²) in [5.41, 5.74) is 0.464. The number of benzene rings is 2. The smallest absolute Gasteiger partial charge is 0.339 e. The molecular weight excluding hydrogens is 297 g/mol. The van der Waals surface area contributed by atoms with Crippen LogP contribution in [0.5, 0.6) is 5.75 Å². The van der Waals surface area contributed by atoms with Crippen LogP contribution in [0.25, 0.3) is 0 Å². The van der Waals surface area contributed by atoms with Gasteiger partial charge < -0.3 is 9.84 Å². The van der Waals surface area contributed by atoms with E-state index in [4.69, 9.17) is 26.7 Å². The van der Waals surface area contributed by atoms with E-state index >= 15 is 0 Å². The molecule has 0 heterocycles. The second kappa shape index (κ2) is 6.25. The van der Waals surface area contributed by atoms with Crippen molar-refractivity contribution in [2.24, 2.45) is 0 Å². The van der Waals surface area contributed by atoms with Crippen molar-refractivity contribution >= 4 is 17.6 Å². The van der Waals surface area contributed by atoms with E-state index in [1.54, 1.807) is 0 Å². The predicted octanol–water partition coefficient (Wildman–Crippen LogP) is 3.63. The number of aromatic carboxylic acids is 1. The quantitative estimate of drug-likeness (QED) is 0.936. The number of halogens is 2. The summed E-state index contributed by atoms with van der Waals surface area (Å²) in [7, 11) is 0. The third kappa shape index (κ3) is 3.30. The number of rotatable bonds is 4. The van der Waals surface area contributed by atoms with E-state index in [1.807, 2.05) is 6.07 Å². The van der Waals surface area contributed by atoms with Gasteiger partial charge in [-0.05, 0) is 30.3 Å². The fourth-order valence-corrected chi connectivity index (χ4v) is 1.99. The lowest BCUT2D eigenvalue weighted by Gasteiger charge is -2.11. The van der Waals surface area contributed by atoms with Crippen LogP contribution in [0, 0.1) is 17.1 Å². The Morgan fingerprint density at radius 1 is 1.38 bits per heavy atom. The van der Waals surface area contributed by atoms with Gasteiger partial charge in [0.05, 0.1) is 16.7 Å². The number of nitriles is 1. The van der Waals surface area contributed by atoms with Gasteiger partial charge in [0.15, 0.2) is 5.75 Å². The van der Waals surface area contributed by atoms with Crippen LogP contribution in [0.15, 0.2) is 36.4 Å². The van der Waals surface area contributed by atoms with Gasteiger partial charge in [-0.25, -0.2) is 9.18 Å². The maximum atomic E-state index is 13.2. The highest BCUT2D eigenvalue weighted by Gasteiger charge is 2.15. The number of carboxylic acids is 1. The summed E-state index contributed by atoms with van der Waals surface area (Å²) in [6.45, 7) is -0.162. The number of ether oxygens (including phenoxy) is 1. The lowest BCUT2D eigenvalue weighted by Crippen LogP contribution is -2.05. The van der Waals surface area contributed by atoms with E-state index in [0.29, 0.717) is 5.56 Å². The SMILES string of the molecule is N#Cc1ccc(F)cc1COc1c(Cl)cccc1C(=O)O. The van der Waals surface area contributed by atoms with Crippen LogP contribution in [0.2, 0.25) is 5.02 Å². The van der Waals surface area contributed by atoms with E-state index < -0.39 is 11.8 Å². The second-order valence-electron chi connectivity index (χ2n) is 4.12. The molecule has 0 saturated carbocycles. The molecule has 2 rings (SSSR count). The summed E-state index contributed by atoms with van der Waals surface area (Å²) in [6, 6.07) is 9.90. The largest absolute Gasteiger partial charge is 0.486 e. The van der Waals surface area contributed by atoms with Crippen molar-refractivity contribution in [3.63, 3.8) is 0 Å². The summed E-state index contributed by atoms with van der Waals surface area (Å²) >= 11 is 5.92. The van der Waals surface area contributed by atoms with Gasteiger partial charge in [0.25, 0.3) is 0 Å². The van der Waals surface area contributed by atoms with Crippen molar-refractivity contribution in [2.45, 2.75) is 6.61 Å². The third-order valence-electron chi connectivity index (χ3n) is 2.76. The van der Waals surface area contributed by atoms with Gasteiger partial charge >= 0.3 is 5.97 Å². The van der Waals surface area contributed by atoms with Crippen LogP contribution in [0.4, 0.5) is 4.39 Å². The van der Waals surface area contributed by atoms with Crippen LogP contribution in [0.1, 0.15) is 21.5 Å². The molecule has 6 heteroatoms. The molecule has 106 valence electrons. The van der Waals surface area contributed by atoms with Crippen molar-refractivity contribution in [1.29, 1.82) is 5.26 Å². The average molecular weight is 306 g/mol. The first-order chi connectivity index (χ1) is 10.0. The number of hydrogen-bond acceptors (Lipinski definition) is 3. The lowest BCUT2D eigenvalue weighted by atomic mass is 10.1. The van der Waals surface area contributed by atoms with Gasteiger partial charge in [0, 0.05) is 5.56 Å². The Kier molecular flexibility index (Phi) is 4.41. The molecule has 0 bridgehead atoms. The molecule has 0 unspecified atom stereocenters. The van der Waals surface area contributed by atoms with Gasteiger partial charge in [-0.3, -0.25) is 0 Å². The Labute approximate surface area is 125 Å². The van der Waals surface area contributed by atoms with Crippen molar-refractivity contribution in [1.82, 2.24) is 0 Å². The van der Waals surface area contributed by atoms with Gasteiger partial charge in [0.2, 0.25) is 0 Å². The van der Waals surface area contributed by atoms with Gasteiger partial charge in [-0.2, -0.15) is 5.26 Å². The van der Waals surface area contributed by atoms with E-state index in [-0.39, 0.29) is 28.5 Å². The molecular formula is C15H9ClFNO3. The average Bonchev–Trinajstić information content (AvgIpc) is 2.45. The Morgan fingerprint density at radius 3 is 2.81 bits per heavy atom. The van der Waals surface area contributed by atoms with Gasteiger partial charge in [-0.1, -0.05) is 17.7 Å². The van der Waals surface area contributed by atoms with Crippen LogP contribution >= 0.6 is 11.6 Å². The zero-order valence-electron chi connectivity index (χ0n) is 10.6.